The molecule has 1 N–H and O–H groups in total. The normalized spacial score (nSPS) is 10.9. The molecule has 2 aromatic heterocycles. The van der Waals surface area contributed by atoms with Crippen molar-refractivity contribution in [3.05, 3.63) is 77.6 Å². The van der Waals surface area contributed by atoms with E-state index in [9.17, 15) is 4.79 Å². The van der Waals surface area contributed by atoms with Crippen LogP contribution in [0.15, 0.2) is 70.3 Å². The van der Waals surface area contributed by atoms with Gasteiger partial charge in [0.25, 0.3) is 0 Å². The van der Waals surface area contributed by atoms with Crippen LogP contribution in [-0.4, -0.2) is 31.6 Å². The number of rotatable bonds is 7. The third kappa shape index (κ3) is 4.77. The van der Waals surface area contributed by atoms with Crippen LogP contribution in [-0.2, 0) is 11.3 Å². The number of nitrogens with zero attached hydrogens (tertiary/aromatic N) is 4. The monoisotopic (exact) mass is 419 g/mol. The van der Waals surface area contributed by atoms with Crippen molar-refractivity contribution in [3.63, 3.8) is 0 Å². The minimum absolute atomic E-state index is 0.188. The van der Waals surface area contributed by atoms with Gasteiger partial charge in [-0.2, -0.15) is 0 Å². The highest BCUT2D eigenvalue weighted by atomic mass is 32.2. The van der Waals surface area contributed by atoms with E-state index in [1.807, 2.05) is 60.9 Å². The Bertz CT molecular complexity index is 1140. The Balaban J connectivity index is 1.36. The lowest BCUT2D eigenvalue weighted by Gasteiger charge is -2.08. The van der Waals surface area contributed by atoms with Crippen molar-refractivity contribution in [1.82, 2.24) is 19.9 Å². The van der Waals surface area contributed by atoms with Gasteiger partial charge in [-0.25, -0.2) is 0 Å². The highest BCUT2D eigenvalue weighted by Crippen LogP contribution is 2.23. The van der Waals surface area contributed by atoms with E-state index < -0.39 is 0 Å². The van der Waals surface area contributed by atoms with Crippen molar-refractivity contribution in [2.45, 2.75) is 25.5 Å². The molecule has 0 spiro atoms. The summed E-state index contributed by atoms with van der Waals surface area (Å²) < 4.78 is 7.25. The Morgan fingerprint density at radius 3 is 2.60 bits per heavy atom. The molecule has 2 heterocycles. The lowest BCUT2D eigenvalue weighted by Crippen LogP contribution is -2.14. The van der Waals surface area contributed by atoms with Crippen molar-refractivity contribution >= 4 is 23.6 Å². The van der Waals surface area contributed by atoms with Crippen molar-refractivity contribution in [3.8, 4) is 11.3 Å². The largest absolute Gasteiger partial charge is 0.338 e. The van der Waals surface area contributed by atoms with Crippen LogP contribution in [0.3, 0.4) is 0 Å². The zero-order valence-electron chi connectivity index (χ0n) is 16.7. The van der Waals surface area contributed by atoms with E-state index >= 15 is 0 Å². The van der Waals surface area contributed by atoms with Gasteiger partial charge in [0.15, 0.2) is 5.16 Å². The number of benzene rings is 2. The SMILES string of the molecule is Cc1ccc(-c2cc(NC(=O)CSc3nnc(C)n3Cc3ccccc3)on2)cc1. The molecule has 0 atom stereocenters. The Labute approximate surface area is 178 Å². The Hall–Kier alpha value is -3.39. The predicted molar refractivity (Wildman–Crippen MR) is 116 cm³/mol. The molecule has 0 fully saturated rings. The Morgan fingerprint density at radius 2 is 1.83 bits per heavy atom. The number of carbonyl (C=O) groups excluding carboxylic acids is 1. The summed E-state index contributed by atoms with van der Waals surface area (Å²) in [7, 11) is 0. The summed E-state index contributed by atoms with van der Waals surface area (Å²) in [4.78, 5) is 12.4. The third-order valence-electron chi connectivity index (χ3n) is 4.54. The molecular weight excluding hydrogens is 398 g/mol. The summed E-state index contributed by atoms with van der Waals surface area (Å²) in [6.45, 7) is 4.59. The highest BCUT2D eigenvalue weighted by molar-refractivity contribution is 7.99. The summed E-state index contributed by atoms with van der Waals surface area (Å²) in [6.07, 6.45) is 0. The van der Waals surface area contributed by atoms with E-state index in [0.717, 1.165) is 17.0 Å². The smallest absolute Gasteiger partial charge is 0.237 e. The number of anilines is 1. The van der Waals surface area contributed by atoms with Crippen LogP contribution in [0, 0.1) is 13.8 Å². The molecule has 7 nitrogen and oxygen atoms in total. The number of aromatic nitrogens is 4. The van der Waals surface area contributed by atoms with Crippen LogP contribution in [0.2, 0.25) is 0 Å². The lowest BCUT2D eigenvalue weighted by molar-refractivity contribution is -0.113. The molecule has 152 valence electrons. The molecule has 0 saturated carbocycles. The fourth-order valence-electron chi connectivity index (χ4n) is 2.91. The van der Waals surface area contributed by atoms with Crippen LogP contribution < -0.4 is 5.32 Å². The zero-order chi connectivity index (χ0) is 20.9. The van der Waals surface area contributed by atoms with E-state index in [-0.39, 0.29) is 11.7 Å². The quantitative estimate of drug-likeness (QED) is 0.449. The topological polar surface area (TPSA) is 85.8 Å². The number of hydrogen-bond acceptors (Lipinski definition) is 6. The maximum atomic E-state index is 12.4. The van der Waals surface area contributed by atoms with Crippen LogP contribution >= 0.6 is 11.8 Å². The van der Waals surface area contributed by atoms with E-state index in [0.29, 0.717) is 23.3 Å². The average molecular weight is 420 g/mol. The van der Waals surface area contributed by atoms with E-state index in [1.54, 1.807) is 6.07 Å². The fraction of sp³-hybridized carbons (Fsp3) is 0.182. The summed E-state index contributed by atoms with van der Waals surface area (Å²) in [5.74, 6) is 1.12. The molecule has 4 rings (SSSR count). The molecular formula is C22H21N5O2S. The number of nitrogens with one attached hydrogen (secondary N) is 1. The van der Waals surface area contributed by atoms with Crippen LogP contribution in [0.5, 0.6) is 0 Å². The minimum atomic E-state index is -0.196. The molecule has 8 heteroatoms. The second kappa shape index (κ2) is 8.96. The second-order valence-electron chi connectivity index (χ2n) is 6.88. The molecule has 2 aromatic carbocycles. The fourth-order valence-corrected chi connectivity index (χ4v) is 3.70. The molecule has 30 heavy (non-hydrogen) atoms. The van der Waals surface area contributed by atoms with Gasteiger partial charge in [0.1, 0.15) is 11.5 Å². The number of hydrogen-bond donors (Lipinski definition) is 1. The number of aryl methyl sites for hydroxylation is 2. The van der Waals surface area contributed by atoms with Gasteiger partial charge in [-0.3, -0.25) is 10.1 Å². The maximum Gasteiger partial charge on any atom is 0.237 e. The third-order valence-corrected chi connectivity index (χ3v) is 5.50. The van der Waals surface area contributed by atoms with Crippen molar-refractivity contribution in [2.75, 3.05) is 11.1 Å². The number of carbonyl (C=O) groups is 1. The minimum Gasteiger partial charge on any atom is -0.338 e. The van der Waals surface area contributed by atoms with E-state index in [2.05, 4.69) is 32.8 Å². The lowest BCUT2D eigenvalue weighted by atomic mass is 10.1. The molecule has 0 aliphatic carbocycles. The first kappa shape index (κ1) is 19.9. The van der Waals surface area contributed by atoms with Gasteiger partial charge in [0.05, 0.1) is 12.3 Å². The standard InChI is InChI=1S/C22H21N5O2S/c1-15-8-10-18(11-9-15)19-12-21(29-26-19)23-20(28)14-30-22-25-24-16(2)27(22)13-17-6-4-3-5-7-17/h3-12H,13-14H2,1-2H3,(H,23,28). The zero-order valence-corrected chi connectivity index (χ0v) is 17.5. The first-order valence-corrected chi connectivity index (χ1v) is 10.5. The molecule has 0 aliphatic rings. The summed E-state index contributed by atoms with van der Waals surface area (Å²) in [5, 5.41) is 15.8. The van der Waals surface area contributed by atoms with Gasteiger partial charge in [0.2, 0.25) is 11.8 Å². The van der Waals surface area contributed by atoms with Gasteiger partial charge in [-0.15, -0.1) is 10.2 Å². The molecule has 0 aliphatic heterocycles. The predicted octanol–water partition coefficient (Wildman–Crippen LogP) is 4.33. The van der Waals surface area contributed by atoms with Gasteiger partial charge >= 0.3 is 0 Å². The number of amides is 1. The van der Waals surface area contributed by atoms with Gasteiger partial charge < -0.3 is 9.09 Å². The first-order chi connectivity index (χ1) is 14.6. The van der Waals surface area contributed by atoms with Crippen molar-refractivity contribution < 1.29 is 9.32 Å². The molecule has 0 unspecified atom stereocenters. The molecule has 4 aromatic rings. The molecule has 0 bridgehead atoms. The van der Waals surface area contributed by atoms with Gasteiger partial charge in [-0.05, 0) is 19.4 Å². The molecule has 1 amide bonds. The average Bonchev–Trinajstić information content (AvgIpc) is 3.35. The first-order valence-electron chi connectivity index (χ1n) is 9.48. The van der Waals surface area contributed by atoms with Crippen LogP contribution in [0.25, 0.3) is 11.3 Å². The molecule has 0 saturated heterocycles. The van der Waals surface area contributed by atoms with Crippen LogP contribution in [0.4, 0.5) is 5.88 Å². The van der Waals surface area contributed by atoms with Crippen LogP contribution in [0.1, 0.15) is 17.0 Å². The summed E-state index contributed by atoms with van der Waals surface area (Å²) in [5.41, 5.74) is 3.93. The number of thioether (sulfide) groups is 1. The van der Waals surface area contributed by atoms with E-state index in [1.165, 1.54) is 17.3 Å². The summed E-state index contributed by atoms with van der Waals surface area (Å²) >= 11 is 1.33. The second-order valence-corrected chi connectivity index (χ2v) is 7.82. The van der Waals surface area contributed by atoms with Gasteiger partial charge in [-0.1, -0.05) is 77.1 Å². The summed E-state index contributed by atoms with van der Waals surface area (Å²) in [6, 6.07) is 19.7. The molecule has 0 radical (unpaired) electrons. The van der Waals surface area contributed by atoms with Crippen molar-refractivity contribution in [2.24, 2.45) is 0 Å². The maximum absolute atomic E-state index is 12.4. The van der Waals surface area contributed by atoms with Crippen molar-refractivity contribution in [1.29, 1.82) is 0 Å². The Morgan fingerprint density at radius 1 is 1.07 bits per heavy atom. The Kier molecular flexibility index (Phi) is 5.94. The van der Waals surface area contributed by atoms with E-state index in [4.69, 9.17) is 4.52 Å². The van der Waals surface area contributed by atoms with Gasteiger partial charge in [0, 0.05) is 11.6 Å². The highest BCUT2D eigenvalue weighted by Gasteiger charge is 2.14.